The molecule has 6 nitrogen and oxygen atoms in total. The van der Waals surface area contributed by atoms with Crippen molar-refractivity contribution in [3.63, 3.8) is 0 Å². The number of aryl methyl sites for hydroxylation is 2. The van der Waals surface area contributed by atoms with Crippen LogP contribution >= 0.6 is 11.9 Å². The van der Waals surface area contributed by atoms with Gasteiger partial charge in [-0.05, 0) is 101 Å². The number of likely N-dealkylation sites (N-methyl/N-ethyl adjacent to an activating group) is 1. The average molecular weight is 528 g/mol. The average Bonchev–Trinajstić information content (AvgIpc) is 2.77. The van der Waals surface area contributed by atoms with E-state index in [9.17, 15) is 23.1 Å². The van der Waals surface area contributed by atoms with E-state index in [4.69, 9.17) is 5.11 Å². The van der Waals surface area contributed by atoms with Crippen LogP contribution in [0.25, 0.3) is 0 Å². The smallest absolute Gasteiger partial charge is 0.416 e. The largest absolute Gasteiger partial charge is 0.481 e. The van der Waals surface area contributed by atoms with Crippen LogP contribution < -0.4 is 5.32 Å². The Bertz CT molecular complexity index is 958. The summed E-state index contributed by atoms with van der Waals surface area (Å²) in [7, 11) is 1.72. The Kier molecular flexibility index (Phi) is 11.7. The maximum absolute atomic E-state index is 13.4. The fourth-order valence-electron chi connectivity index (χ4n) is 3.78. The molecule has 0 saturated carbocycles. The monoisotopic (exact) mass is 527 g/mol. The lowest BCUT2D eigenvalue weighted by molar-refractivity contribution is -0.138. The third-order valence-electron chi connectivity index (χ3n) is 5.66. The lowest BCUT2D eigenvalue weighted by Gasteiger charge is -2.29. The molecule has 0 amide bonds. The number of carboxylic acid groups (broad SMARTS) is 1. The highest BCUT2D eigenvalue weighted by Gasteiger charge is 2.31. The highest BCUT2D eigenvalue weighted by Crippen LogP contribution is 2.34. The first kappa shape index (κ1) is 30.1. The molecule has 200 valence electrons. The van der Waals surface area contributed by atoms with Crippen molar-refractivity contribution in [2.45, 2.75) is 75.1 Å². The van der Waals surface area contributed by atoms with E-state index in [-0.39, 0.29) is 31.3 Å². The second-order valence-corrected chi connectivity index (χ2v) is 10.9. The predicted molar refractivity (Wildman–Crippen MR) is 136 cm³/mol. The number of aromatic nitrogens is 1. The number of hydrogen-bond acceptors (Lipinski definition) is 6. The van der Waals surface area contributed by atoms with E-state index in [1.807, 2.05) is 18.2 Å². The van der Waals surface area contributed by atoms with Crippen molar-refractivity contribution in [3.8, 4) is 0 Å². The van der Waals surface area contributed by atoms with Gasteiger partial charge in [-0.2, -0.15) is 13.2 Å². The van der Waals surface area contributed by atoms with Gasteiger partial charge < -0.3 is 15.5 Å². The van der Waals surface area contributed by atoms with Crippen LogP contribution in [-0.4, -0.2) is 57.3 Å². The van der Waals surface area contributed by atoms with Crippen molar-refractivity contribution >= 4 is 17.9 Å². The molecule has 3 N–H and O–H groups in total. The van der Waals surface area contributed by atoms with Crippen molar-refractivity contribution < 1.29 is 28.2 Å². The van der Waals surface area contributed by atoms with Gasteiger partial charge in [-0.1, -0.05) is 6.07 Å². The Balaban J connectivity index is 1.86. The van der Waals surface area contributed by atoms with Crippen LogP contribution in [0, 0.1) is 0 Å². The van der Waals surface area contributed by atoms with Gasteiger partial charge in [0.05, 0.1) is 11.7 Å². The van der Waals surface area contributed by atoms with Gasteiger partial charge in [-0.3, -0.25) is 9.78 Å². The van der Waals surface area contributed by atoms with Gasteiger partial charge in [0.15, 0.2) is 0 Å². The lowest BCUT2D eigenvalue weighted by atomic mass is 9.96. The van der Waals surface area contributed by atoms with Crippen LogP contribution in [0.4, 0.5) is 13.2 Å². The SMILES string of the molecule is CN(C[C@H](O)CNC(C)(C)CCCc1ccccn1)Sc1cc(CCCC(=O)O)cc(C(F)(F)F)c1. The Morgan fingerprint density at radius 3 is 2.56 bits per heavy atom. The highest BCUT2D eigenvalue weighted by molar-refractivity contribution is 7.97. The molecule has 10 heteroatoms. The zero-order chi connectivity index (χ0) is 26.8. The molecule has 0 unspecified atom stereocenters. The molecule has 1 aromatic carbocycles. The van der Waals surface area contributed by atoms with E-state index in [0.29, 0.717) is 17.0 Å². The summed E-state index contributed by atoms with van der Waals surface area (Å²) >= 11 is 1.12. The van der Waals surface area contributed by atoms with Crippen LogP contribution in [0.2, 0.25) is 0 Å². The number of hydrogen-bond donors (Lipinski definition) is 3. The number of carbonyl (C=O) groups is 1. The Hall–Kier alpha value is -2.14. The summed E-state index contributed by atoms with van der Waals surface area (Å²) < 4.78 is 41.8. The third-order valence-corrected chi connectivity index (χ3v) is 6.56. The molecule has 0 aliphatic carbocycles. The number of β-amino-alcohol motifs (C(OH)–C–C–N with tert-alkyl or cyclic N) is 1. The van der Waals surface area contributed by atoms with Crippen molar-refractivity contribution in [1.82, 2.24) is 14.6 Å². The molecule has 2 aromatic rings. The molecule has 0 spiro atoms. The van der Waals surface area contributed by atoms with Gasteiger partial charge in [0.2, 0.25) is 0 Å². The number of halogens is 3. The minimum absolute atomic E-state index is 0.0999. The van der Waals surface area contributed by atoms with E-state index in [1.165, 1.54) is 0 Å². The number of carboxylic acids is 1. The topological polar surface area (TPSA) is 85.7 Å². The van der Waals surface area contributed by atoms with Crippen LogP contribution in [0.5, 0.6) is 0 Å². The second-order valence-electron chi connectivity index (χ2n) is 9.61. The summed E-state index contributed by atoms with van der Waals surface area (Å²) in [5, 5.41) is 22.7. The second kappa shape index (κ2) is 14.0. The first-order chi connectivity index (χ1) is 16.8. The van der Waals surface area contributed by atoms with Gasteiger partial charge >= 0.3 is 12.1 Å². The summed E-state index contributed by atoms with van der Waals surface area (Å²) in [5.41, 5.74) is 0.539. The Morgan fingerprint density at radius 2 is 1.92 bits per heavy atom. The lowest BCUT2D eigenvalue weighted by Crippen LogP contribution is -2.45. The highest BCUT2D eigenvalue weighted by atomic mass is 32.2. The maximum atomic E-state index is 13.4. The van der Waals surface area contributed by atoms with Gasteiger partial charge in [-0.15, -0.1) is 0 Å². The molecule has 1 heterocycles. The van der Waals surface area contributed by atoms with Gasteiger partial charge in [0.25, 0.3) is 0 Å². The summed E-state index contributed by atoms with van der Waals surface area (Å²) in [6, 6.07) is 9.66. The number of rotatable bonds is 15. The molecule has 36 heavy (non-hydrogen) atoms. The molecule has 0 fully saturated rings. The fourth-order valence-corrected chi connectivity index (χ4v) is 4.77. The minimum atomic E-state index is -4.50. The molecular formula is C26H36F3N3O3S. The predicted octanol–water partition coefficient (Wildman–Crippen LogP) is 5.20. The number of aliphatic carboxylic acids is 1. The van der Waals surface area contributed by atoms with Crippen molar-refractivity contribution in [1.29, 1.82) is 0 Å². The van der Waals surface area contributed by atoms with Crippen molar-refractivity contribution in [2.24, 2.45) is 0 Å². The first-order valence-electron chi connectivity index (χ1n) is 12.0. The van der Waals surface area contributed by atoms with Crippen LogP contribution in [0.3, 0.4) is 0 Å². The zero-order valence-electron chi connectivity index (χ0n) is 21.0. The van der Waals surface area contributed by atoms with E-state index < -0.39 is 23.8 Å². The molecule has 0 aliphatic heterocycles. The number of nitrogens with one attached hydrogen (secondary N) is 1. The molecule has 1 atom stereocenters. The van der Waals surface area contributed by atoms with E-state index in [0.717, 1.165) is 49.0 Å². The normalized spacial score (nSPS) is 13.2. The van der Waals surface area contributed by atoms with Crippen molar-refractivity contribution in [3.05, 3.63) is 59.4 Å². The molecule has 0 radical (unpaired) electrons. The number of alkyl halides is 3. The van der Waals surface area contributed by atoms with Crippen molar-refractivity contribution in [2.75, 3.05) is 20.1 Å². The van der Waals surface area contributed by atoms with Crippen LogP contribution in [-0.2, 0) is 23.8 Å². The van der Waals surface area contributed by atoms with Crippen LogP contribution in [0.15, 0.2) is 47.5 Å². The molecular weight excluding hydrogens is 491 g/mol. The van der Waals surface area contributed by atoms with Gasteiger partial charge in [-0.25, -0.2) is 4.31 Å². The zero-order valence-corrected chi connectivity index (χ0v) is 21.8. The Labute approximate surface area is 215 Å². The third kappa shape index (κ3) is 11.7. The number of pyridine rings is 1. The number of benzene rings is 1. The van der Waals surface area contributed by atoms with Gasteiger partial charge in [0, 0.05) is 41.8 Å². The Morgan fingerprint density at radius 1 is 1.17 bits per heavy atom. The maximum Gasteiger partial charge on any atom is 0.416 e. The van der Waals surface area contributed by atoms with E-state index >= 15 is 0 Å². The standard InChI is InChI=1S/C26H36F3N3O3S/c1-25(2,12-7-10-21-9-4-5-13-30-21)31-17-22(33)18-32(3)36-23-15-19(8-6-11-24(34)35)14-20(16-23)26(27,28)29/h4-5,9,13-16,22,31,33H,6-8,10-12,17-18H2,1-3H3,(H,34,35)/t22-/m1/s1. The number of nitrogens with zero attached hydrogens (tertiary/aromatic N) is 2. The molecule has 0 saturated heterocycles. The molecule has 2 rings (SSSR count). The van der Waals surface area contributed by atoms with E-state index in [2.05, 4.69) is 24.1 Å². The first-order valence-corrected chi connectivity index (χ1v) is 12.8. The van der Waals surface area contributed by atoms with Gasteiger partial charge in [0.1, 0.15) is 0 Å². The summed E-state index contributed by atoms with van der Waals surface area (Å²) in [6.07, 6.45) is -0.290. The number of aliphatic hydroxyl groups is 1. The van der Waals surface area contributed by atoms with E-state index in [1.54, 1.807) is 23.6 Å². The fraction of sp³-hybridized carbons (Fsp3) is 0.538. The quantitative estimate of drug-likeness (QED) is 0.275. The summed E-state index contributed by atoms with van der Waals surface area (Å²) in [5.74, 6) is -0.977. The molecule has 1 aromatic heterocycles. The summed E-state index contributed by atoms with van der Waals surface area (Å²) in [6.45, 7) is 4.76. The summed E-state index contributed by atoms with van der Waals surface area (Å²) in [4.78, 5) is 15.5. The molecule has 0 bridgehead atoms. The van der Waals surface area contributed by atoms with Crippen LogP contribution in [0.1, 0.15) is 56.4 Å². The number of aliphatic hydroxyl groups excluding tert-OH is 1. The minimum Gasteiger partial charge on any atom is -0.481 e. The molecule has 0 aliphatic rings.